The SMILES string of the molecule is Cc1ccccc1S(=O)(=O)NC(C)(C)CCBr. The van der Waals surface area contributed by atoms with Crippen molar-refractivity contribution in [1.82, 2.24) is 4.72 Å². The van der Waals surface area contributed by atoms with Crippen molar-refractivity contribution in [3.8, 4) is 0 Å². The second kappa shape index (κ2) is 5.50. The van der Waals surface area contributed by atoms with Crippen LogP contribution in [0.3, 0.4) is 0 Å². The van der Waals surface area contributed by atoms with E-state index < -0.39 is 15.6 Å². The summed E-state index contributed by atoms with van der Waals surface area (Å²) in [5.41, 5.74) is 0.305. The van der Waals surface area contributed by atoms with E-state index in [1.54, 1.807) is 25.1 Å². The van der Waals surface area contributed by atoms with Gasteiger partial charge in [0.2, 0.25) is 10.0 Å². The Morgan fingerprint density at radius 3 is 2.41 bits per heavy atom. The second-order valence-electron chi connectivity index (χ2n) is 4.69. The van der Waals surface area contributed by atoms with Crippen molar-refractivity contribution in [2.24, 2.45) is 0 Å². The molecular weight excluding hydrogens is 302 g/mol. The Kier molecular flexibility index (Phi) is 4.75. The molecule has 1 rings (SSSR count). The minimum Gasteiger partial charge on any atom is -0.207 e. The lowest BCUT2D eigenvalue weighted by atomic mass is 10.0. The van der Waals surface area contributed by atoms with Gasteiger partial charge in [-0.2, -0.15) is 0 Å². The molecule has 1 aromatic carbocycles. The molecule has 0 saturated carbocycles. The van der Waals surface area contributed by atoms with Crippen LogP contribution in [-0.4, -0.2) is 19.3 Å². The van der Waals surface area contributed by atoms with Gasteiger partial charge in [-0.25, -0.2) is 13.1 Å². The highest BCUT2D eigenvalue weighted by Gasteiger charge is 2.26. The molecule has 0 unspecified atom stereocenters. The summed E-state index contributed by atoms with van der Waals surface area (Å²) in [5, 5.41) is 0.760. The number of halogens is 1. The standard InChI is InChI=1S/C12H18BrNO2S/c1-10-6-4-5-7-11(10)17(15,16)14-12(2,3)8-9-13/h4-7,14H,8-9H2,1-3H3. The van der Waals surface area contributed by atoms with Crippen molar-refractivity contribution < 1.29 is 8.42 Å². The Morgan fingerprint density at radius 1 is 1.29 bits per heavy atom. The Balaban J connectivity index is 3.02. The number of hydrogen-bond acceptors (Lipinski definition) is 2. The fraction of sp³-hybridized carbons (Fsp3) is 0.500. The third-order valence-electron chi connectivity index (χ3n) is 2.51. The van der Waals surface area contributed by atoms with Gasteiger partial charge in [-0.3, -0.25) is 0 Å². The Hall–Kier alpha value is -0.390. The summed E-state index contributed by atoms with van der Waals surface area (Å²) in [6.45, 7) is 5.56. The molecule has 3 nitrogen and oxygen atoms in total. The molecule has 1 aromatic rings. The predicted octanol–water partition coefficient (Wildman–Crippen LogP) is 2.84. The molecular formula is C12H18BrNO2S. The van der Waals surface area contributed by atoms with E-state index in [2.05, 4.69) is 20.7 Å². The van der Waals surface area contributed by atoms with Crippen molar-refractivity contribution >= 4 is 26.0 Å². The molecule has 0 radical (unpaired) electrons. The summed E-state index contributed by atoms with van der Waals surface area (Å²) < 4.78 is 27.2. The minimum atomic E-state index is -3.44. The van der Waals surface area contributed by atoms with Crippen LogP contribution < -0.4 is 4.72 Å². The molecule has 0 heterocycles. The molecule has 0 spiro atoms. The molecule has 0 amide bonds. The highest BCUT2D eigenvalue weighted by molar-refractivity contribution is 9.09. The van der Waals surface area contributed by atoms with E-state index in [1.165, 1.54) is 0 Å². The van der Waals surface area contributed by atoms with Crippen LogP contribution in [0.4, 0.5) is 0 Å². The van der Waals surface area contributed by atoms with Crippen LogP contribution in [0, 0.1) is 6.92 Å². The zero-order chi connectivity index (χ0) is 13.1. The summed E-state index contributed by atoms with van der Waals surface area (Å²) in [7, 11) is -3.44. The van der Waals surface area contributed by atoms with Crippen LogP contribution in [0.2, 0.25) is 0 Å². The molecule has 0 aliphatic heterocycles. The molecule has 1 N–H and O–H groups in total. The topological polar surface area (TPSA) is 46.2 Å². The van der Waals surface area contributed by atoms with Gasteiger partial charge < -0.3 is 0 Å². The van der Waals surface area contributed by atoms with Crippen LogP contribution >= 0.6 is 15.9 Å². The van der Waals surface area contributed by atoms with Gasteiger partial charge in [0.15, 0.2) is 0 Å². The van der Waals surface area contributed by atoms with Crippen LogP contribution in [0.15, 0.2) is 29.2 Å². The third-order valence-corrected chi connectivity index (χ3v) is 4.77. The van der Waals surface area contributed by atoms with E-state index >= 15 is 0 Å². The second-order valence-corrected chi connectivity index (χ2v) is 7.14. The normalized spacial score (nSPS) is 12.7. The van der Waals surface area contributed by atoms with Crippen LogP contribution in [0.1, 0.15) is 25.8 Å². The van der Waals surface area contributed by atoms with Gasteiger partial charge in [0.1, 0.15) is 0 Å². The fourth-order valence-electron chi connectivity index (χ4n) is 1.56. The molecule has 0 aromatic heterocycles. The van der Waals surface area contributed by atoms with Gasteiger partial charge in [-0.1, -0.05) is 34.1 Å². The number of sulfonamides is 1. The number of benzene rings is 1. The summed E-state index contributed by atoms with van der Waals surface area (Å²) in [6, 6.07) is 6.99. The highest BCUT2D eigenvalue weighted by atomic mass is 79.9. The molecule has 5 heteroatoms. The Bertz CT molecular complexity index is 483. The Morgan fingerprint density at radius 2 is 1.88 bits per heavy atom. The summed E-state index contributed by atoms with van der Waals surface area (Å²) in [6.07, 6.45) is 0.734. The van der Waals surface area contributed by atoms with E-state index in [4.69, 9.17) is 0 Å². The first-order valence-corrected chi connectivity index (χ1v) is 8.04. The van der Waals surface area contributed by atoms with Gasteiger partial charge in [0.25, 0.3) is 0 Å². The zero-order valence-electron chi connectivity index (χ0n) is 10.3. The van der Waals surface area contributed by atoms with Gasteiger partial charge in [-0.05, 0) is 38.8 Å². The molecule has 0 aliphatic rings. The molecule has 0 aliphatic carbocycles. The number of aryl methyl sites for hydroxylation is 1. The maximum atomic E-state index is 12.2. The monoisotopic (exact) mass is 319 g/mol. The van der Waals surface area contributed by atoms with Gasteiger partial charge >= 0.3 is 0 Å². The van der Waals surface area contributed by atoms with Crippen LogP contribution in [0.5, 0.6) is 0 Å². The number of nitrogens with one attached hydrogen (secondary N) is 1. The van der Waals surface area contributed by atoms with Gasteiger partial charge in [-0.15, -0.1) is 0 Å². The molecule has 17 heavy (non-hydrogen) atoms. The maximum Gasteiger partial charge on any atom is 0.241 e. The van der Waals surface area contributed by atoms with E-state index in [0.717, 1.165) is 17.3 Å². The molecule has 0 fully saturated rings. The molecule has 0 saturated heterocycles. The lowest BCUT2D eigenvalue weighted by Gasteiger charge is -2.25. The van der Waals surface area contributed by atoms with E-state index in [1.807, 2.05) is 19.9 Å². The first-order chi connectivity index (χ1) is 7.78. The molecule has 0 atom stereocenters. The molecule has 96 valence electrons. The molecule has 0 bridgehead atoms. The zero-order valence-corrected chi connectivity index (χ0v) is 12.7. The van der Waals surface area contributed by atoms with Crippen molar-refractivity contribution in [1.29, 1.82) is 0 Å². The largest absolute Gasteiger partial charge is 0.241 e. The number of alkyl halides is 1. The van der Waals surface area contributed by atoms with Crippen LogP contribution in [-0.2, 0) is 10.0 Å². The lowest BCUT2D eigenvalue weighted by Crippen LogP contribution is -2.43. The predicted molar refractivity (Wildman–Crippen MR) is 74.0 cm³/mol. The van der Waals surface area contributed by atoms with E-state index in [9.17, 15) is 8.42 Å². The Labute approximate surface area is 112 Å². The lowest BCUT2D eigenvalue weighted by molar-refractivity contribution is 0.443. The minimum absolute atomic E-state index is 0.350. The number of rotatable bonds is 5. The van der Waals surface area contributed by atoms with Crippen molar-refractivity contribution in [2.45, 2.75) is 37.6 Å². The summed E-state index contributed by atoms with van der Waals surface area (Å²) in [5.74, 6) is 0. The third kappa shape index (κ3) is 4.08. The number of hydrogen-bond donors (Lipinski definition) is 1. The average Bonchev–Trinajstić information content (AvgIpc) is 2.15. The van der Waals surface area contributed by atoms with Crippen molar-refractivity contribution in [3.63, 3.8) is 0 Å². The smallest absolute Gasteiger partial charge is 0.207 e. The highest BCUT2D eigenvalue weighted by Crippen LogP contribution is 2.19. The average molecular weight is 320 g/mol. The van der Waals surface area contributed by atoms with Crippen molar-refractivity contribution in [3.05, 3.63) is 29.8 Å². The van der Waals surface area contributed by atoms with Crippen LogP contribution in [0.25, 0.3) is 0 Å². The first-order valence-electron chi connectivity index (χ1n) is 5.44. The van der Waals surface area contributed by atoms with E-state index in [-0.39, 0.29) is 0 Å². The van der Waals surface area contributed by atoms with Gasteiger partial charge in [0.05, 0.1) is 4.90 Å². The quantitative estimate of drug-likeness (QED) is 0.848. The summed E-state index contributed by atoms with van der Waals surface area (Å²) >= 11 is 3.33. The van der Waals surface area contributed by atoms with Crippen molar-refractivity contribution in [2.75, 3.05) is 5.33 Å². The van der Waals surface area contributed by atoms with Gasteiger partial charge in [0, 0.05) is 10.9 Å². The van der Waals surface area contributed by atoms with E-state index in [0.29, 0.717) is 4.90 Å². The fourth-order valence-corrected chi connectivity index (χ4v) is 4.24. The first kappa shape index (κ1) is 14.7. The maximum absolute atomic E-state index is 12.2. The summed E-state index contributed by atoms with van der Waals surface area (Å²) in [4.78, 5) is 0.350.